The highest BCUT2D eigenvalue weighted by Gasteiger charge is 2.16. The lowest BCUT2D eigenvalue weighted by Crippen LogP contribution is -2.30. The smallest absolute Gasteiger partial charge is 0.255 e. The number of pyridine rings is 1. The first-order valence-electron chi connectivity index (χ1n) is 10.3. The lowest BCUT2D eigenvalue weighted by molar-refractivity contribution is 0.102. The Morgan fingerprint density at radius 3 is 2.42 bits per heavy atom. The number of carbonyl (C=O) groups excluding carboxylic acids is 1. The van der Waals surface area contributed by atoms with Gasteiger partial charge in [0.15, 0.2) is 0 Å². The summed E-state index contributed by atoms with van der Waals surface area (Å²) >= 11 is 0. The maximum absolute atomic E-state index is 13.3. The highest BCUT2D eigenvalue weighted by atomic mass is 19.1. The SMILES string of the molecule is O=C(Nc1ccc(N2CCCN(Cc3ccccc3)CC2)nc1)c1cc(F)cc(F)c1. The fraction of sp³-hybridized carbons (Fsp3) is 0.250. The maximum Gasteiger partial charge on any atom is 0.255 e. The van der Waals surface area contributed by atoms with Gasteiger partial charge in [0.1, 0.15) is 17.5 Å². The average molecular weight is 422 g/mol. The number of aromatic nitrogens is 1. The van der Waals surface area contributed by atoms with E-state index in [0.717, 1.165) is 63.2 Å². The second kappa shape index (κ2) is 9.66. The Morgan fingerprint density at radius 1 is 0.935 bits per heavy atom. The predicted octanol–water partition coefficient (Wildman–Crippen LogP) is 4.32. The highest BCUT2D eigenvalue weighted by molar-refractivity contribution is 6.04. The molecule has 1 amide bonds. The zero-order valence-electron chi connectivity index (χ0n) is 17.1. The molecule has 0 aliphatic carbocycles. The van der Waals surface area contributed by atoms with Gasteiger partial charge in [0.05, 0.1) is 11.9 Å². The van der Waals surface area contributed by atoms with E-state index >= 15 is 0 Å². The van der Waals surface area contributed by atoms with Gasteiger partial charge in [-0.15, -0.1) is 0 Å². The van der Waals surface area contributed by atoms with Crippen LogP contribution in [-0.4, -0.2) is 42.0 Å². The van der Waals surface area contributed by atoms with Crippen LogP contribution < -0.4 is 10.2 Å². The van der Waals surface area contributed by atoms with Crippen molar-refractivity contribution in [1.29, 1.82) is 0 Å². The van der Waals surface area contributed by atoms with Gasteiger partial charge in [-0.25, -0.2) is 13.8 Å². The fourth-order valence-electron chi connectivity index (χ4n) is 3.73. The van der Waals surface area contributed by atoms with Crippen LogP contribution in [0.1, 0.15) is 22.3 Å². The molecule has 3 aromatic rings. The van der Waals surface area contributed by atoms with Crippen LogP contribution >= 0.6 is 0 Å². The summed E-state index contributed by atoms with van der Waals surface area (Å²) in [5, 5.41) is 2.63. The van der Waals surface area contributed by atoms with E-state index in [1.807, 2.05) is 12.1 Å². The first kappa shape index (κ1) is 20.9. The van der Waals surface area contributed by atoms with Crippen molar-refractivity contribution >= 4 is 17.4 Å². The number of halogens is 2. The number of carbonyl (C=O) groups is 1. The summed E-state index contributed by atoms with van der Waals surface area (Å²) in [5.74, 6) is -1.32. The lowest BCUT2D eigenvalue weighted by Gasteiger charge is -2.23. The average Bonchev–Trinajstić information content (AvgIpc) is 3.00. The molecule has 0 radical (unpaired) electrons. The number of nitrogens with one attached hydrogen (secondary N) is 1. The topological polar surface area (TPSA) is 48.5 Å². The molecular formula is C24H24F2N4O. The van der Waals surface area contributed by atoms with Gasteiger partial charge in [-0.05, 0) is 36.2 Å². The Hall–Kier alpha value is -3.32. The predicted molar refractivity (Wildman–Crippen MR) is 117 cm³/mol. The first-order chi connectivity index (χ1) is 15.1. The molecule has 160 valence electrons. The lowest BCUT2D eigenvalue weighted by atomic mass is 10.2. The number of anilines is 2. The summed E-state index contributed by atoms with van der Waals surface area (Å²) in [6.07, 6.45) is 2.60. The van der Waals surface area contributed by atoms with Gasteiger partial charge in [0, 0.05) is 44.4 Å². The van der Waals surface area contributed by atoms with Crippen molar-refractivity contribution in [2.75, 3.05) is 36.4 Å². The van der Waals surface area contributed by atoms with E-state index in [2.05, 4.69) is 44.4 Å². The minimum Gasteiger partial charge on any atom is -0.355 e. The molecule has 5 nitrogen and oxygen atoms in total. The quantitative estimate of drug-likeness (QED) is 0.665. The maximum atomic E-state index is 13.3. The molecule has 1 aromatic heterocycles. The summed E-state index contributed by atoms with van der Waals surface area (Å²) < 4.78 is 26.7. The van der Waals surface area contributed by atoms with Crippen LogP contribution in [0.3, 0.4) is 0 Å². The Kier molecular flexibility index (Phi) is 6.52. The standard InChI is InChI=1S/C24H24F2N4O/c25-20-13-19(14-21(26)15-20)24(31)28-22-7-8-23(27-16-22)30-10-4-9-29(11-12-30)17-18-5-2-1-3-6-18/h1-3,5-8,13-16H,4,9-12,17H2,(H,28,31). The van der Waals surface area contributed by atoms with Crippen LogP contribution in [0.15, 0.2) is 66.9 Å². The summed E-state index contributed by atoms with van der Waals surface area (Å²) in [6, 6.07) is 16.8. The van der Waals surface area contributed by atoms with Crippen LogP contribution in [0.25, 0.3) is 0 Å². The van der Waals surface area contributed by atoms with Crippen LogP contribution in [0.5, 0.6) is 0 Å². The second-order valence-corrected chi connectivity index (χ2v) is 7.62. The minimum atomic E-state index is -0.791. The molecule has 31 heavy (non-hydrogen) atoms. The first-order valence-corrected chi connectivity index (χ1v) is 10.3. The van der Waals surface area contributed by atoms with Gasteiger partial charge >= 0.3 is 0 Å². The molecular weight excluding hydrogens is 398 g/mol. The summed E-state index contributed by atoms with van der Waals surface area (Å²) in [6.45, 7) is 4.69. The van der Waals surface area contributed by atoms with Gasteiger partial charge in [0.2, 0.25) is 0 Å². The molecule has 1 N–H and O–H groups in total. The third-order valence-electron chi connectivity index (χ3n) is 5.29. The molecule has 1 aliphatic rings. The Bertz CT molecular complexity index is 1010. The van der Waals surface area contributed by atoms with Gasteiger partial charge in [0.25, 0.3) is 5.91 Å². The molecule has 1 saturated heterocycles. The molecule has 4 rings (SSSR count). The second-order valence-electron chi connectivity index (χ2n) is 7.62. The number of benzene rings is 2. The Balaban J connectivity index is 1.35. The largest absolute Gasteiger partial charge is 0.355 e. The molecule has 2 aromatic carbocycles. The fourth-order valence-corrected chi connectivity index (χ4v) is 3.73. The van der Waals surface area contributed by atoms with Crippen molar-refractivity contribution in [1.82, 2.24) is 9.88 Å². The molecule has 0 spiro atoms. The van der Waals surface area contributed by atoms with Gasteiger partial charge in [-0.2, -0.15) is 0 Å². The third kappa shape index (κ3) is 5.64. The van der Waals surface area contributed by atoms with E-state index < -0.39 is 17.5 Å². The van der Waals surface area contributed by atoms with Crippen LogP contribution in [0.2, 0.25) is 0 Å². The summed E-state index contributed by atoms with van der Waals surface area (Å²) in [7, 11) is 0. The molecule has 1 aliphatic heterocycles. The zero-order valence-corrected chi connectivity index (χ0v) is 17.1. The number of amides is 1. The van der Waals surface area contributed by atoms with E-state index in [1.165, 1.54) is 5.56 Å². The van der Waals surface area contributed by atoms with Crippen LogP contribution in [0.4, 0.5) is 20.3 Å². The minimum absolute atomic E-state index is 0.0763. The van der Waals surface area contributed by atoms with E-state index in [0.29, 0.717) is 5.69 Å². The van der Waals surface area contributed by atoms with Crippen molar-refractivity contribution in [3.05, 3.63) is 89.6 Å². The summed E-state index contributed by atoms with van der Waals surface area (Å²) in [4.78, 5) is 21.4. The van der Waals surface area contributed by atoms with Gasteiger partial charge in [-0.3, -0.25) is 9.69 Å². The van der Waals surface area contributed by atoms with Crippen molar-refractivity contribution in [3.8, 4) is 0 Å². The van der Waals surface area contributed by atoms with Crippen molar-refractivity contribution in [3.63, 3.8) is 0 Å². The Morgan fingerprint density at radius 2 is 1.71 bits per heavy atom. The van der Waals surface area contributed by atoms with E-state index in [1.54, 1.807) is 12.3 Å². The molecule has 0 bridgehead atoms. The number of hydrogen-bond acceptors (Lipinski definition) is 4. The van der Waals surface area contributed by atoms with E-state index in [-0.39, 0.29) is 5.56 Å². The highest BCUT2D eigenvalue weighted by Crippen LogP contribution is 2.18. The van der Waals surface area contributed by atoms with Crippen molar-refractivity contribution in [2.24, 2.45) is 0 Å². The molecule has 0 unspecified atom stereocenters. The summed E-state index contributed by atoms with van der Waals surface area (Å²) in [5.41, 5.74) is 1.71. The van der Waals surface area contributed by atoms with E-state index in [4.69, 9.17) is 0 Å². The molecule has 0 saturated carbocycles. The van der Waals surface area contributed by atoms with Crippen molar-refractivity contribution in [2.45, 2.75) is 13.0 Å². The van der Waals surface area contributed by atoms with Gasteiger partial charge in [-0.1, -0.05) is 30.3 Å². The molecule has 7 heteroatoms. The number of rotatable bonds is 5. The monoisotopic (exact) mass is 422 g/mol. The van der Waals surface area contributed by atoms with E-state index in [9.17, 15) is 13.6 Å². The van der Waals surface area contributed by atoms with Gasteiger partial charge < -0.3 is 10.2 Å². The number of hydrogen-bond donors (Lipinski definition) is 1. The molecule has 0 atom stereocenters. The zero-order chi connectivity index (χ0) is 21.6. The van der Waals surface area contributed by atoms with Crippen LogP contribution in [-0.2, 0) is 6.54 Å². The number of nitrogens with zero attached hydrogens (tertiary/aromatic N) is 3. The molecule has 2 heterocycles. The Labute approximate surface area is 180 Å². The molecule has 1 fully saturated rings. The third-order valence-corrected chi connectivity index (χ3v) is 5.29. The van der Waals surface area contributed by atoms with Crippen LogP contribution in [0, 0.1) is 11.6 Å². The normalized spacial score (nSPS) is 14.8. The van der Waals surface area contributed by atoms with Crippen molar-refractivity contribution < 1.29 is 13.6 Å².